The molecular weight excluding hydrogens is 406 g/mol. The predicted molar refractivity (Wildman–Crippen MR) is 117 cm³/mol. The van der Waals surface area contributed by atoms with Gasteiger partial charge in [-0.2, -0.15) is 0 Å². The van der Waals surface area contributed by atoms with Crippen molar-refractivity contribution >= 4 is 34.3 Å². The Bertz CT molecular complexity index is 1280. The number of pyridine rings is 1. The quantitative estimate of drug-likeness (QED) is 0.499. The number of carbonyl (C=O) groups excluding carboxylic acids is 4. The second kappa shape index (κ2) is 8.00. The second-order valence-corrected chi connectivity index (χ2v) is 8.25. The van der Waals surface area contributed by atoms with Gasteiger partial charge in [-0.15, -0.1) is 0 Å². The van der Waals surface area contributed by atoms with Crippen molar-refractivity contribution in [1.29, 1.82) is 0 Å². The number of Topliss-reactive ketones (excluding diaryl/α,β-unsaturated/α-hetero) is 1. The maximum absolute atomic E-state index is 12.8. The number of piperidine rings is 1. The Morgan fingerprint density at radius 1 is 1.06 bits per heavy atom. The summed E-state index contributed by atoms with van der Waals surface area (Å²) in [4.78, 5) is 54.7. The van der Waals surface area contributed by atoms with Crippen LogP contribution in [0.15, 0.2) is 54.9 Å². The number of ketones is 1. The zero-order valence-corrected chi connectivity index (χ0v) is 17.3. The zero-order valence-electron chi connectivity index (χ0n) is 17.3. The fraction of sp³-hybridized carbons (Fsp3) is 0.240. The summed E-state index contributed by atoms with van der Waals surface area (Å²) in [5, 5.41) is 4.29. The third-order valence-electron chi connectivity index (χ3n) is 6.19. The van der Waals surface area contributed by atoms with Gasteiger partial charge < -0.3 is 4.90 Å². The van der Waals surface area contributed by atoms with Crippen LogP contribution in [0.3, 0.4) is 0 Å². The topological polar surface area (TPSA) is 96.4 Å². The molecule has 7 nitrogen and oxygen atoms in total. The van der Waals surface area contributed by atoms with Crippen molar-refractivity contribution in [2.75, 3.05) is 0 Å². The van der Waals surface area contributed by atoms with Gasteiger partial charge in [0.2, 0.25) is 11.8 Å². The number of fused-ring (bicyclic) bond motifs is 2. The number of hydrogen-bond acceptors (Lipinski definition) is 5. The molecule has 0 bridgehead atoms. The Kier molecular flexibility index (Phi) is 5.01. The number of nitrogens with one attached hydrogen (secondary N) is 1. The molecule has 2 aliphatic rings. The maximum atomic E-state index is 12.8. The molecular formula is C25H21N3O4. The Balaban J connectivity index is 1.27. The van der Waals surface area contributed by atoms with E-state index in [1.807, 2.05) is 36.4 Å². The zero-order chi connectivity index (χ0) is 22.2. The summed E-state index contributed by atoms with van der Waals surface area (Å²) in [6, 6.07) is 12.5. The average Bonchev–Trinajstić information content (AvgIpc) is 3.12. The summed E-state index contributed by atoms with van der Waals surface area (Å²) in [5.41, 5.74) is 3.07. The van der Waals surface area contributed by atoms with Gasteiger partial charge in [-0.25, -0.2) is 0 Å². The van der Waals surface area contributed by atoms with E-state index in [1.165, 1.54) is 4.90 Å². The van der Waals surface area contributed by atoms with E-state index in [0.29, 0.717) is 36.9 Å². The van der Waals surface area contributed by atoms with Gasteiger partial charge in [0, 0.05) is 48.3 Å². The van der Waals surface area contributed by atoms with Gasteiger partial charge in [0.25, 0.3) is 5.91 Å². The Labute approximate surface area is 184 Å². The van der Waals surface area contributed by atoms with E-state index in [9.17, 15) is 19.2 Å². The lowest BCUT2D eigenvalue weighted by molar-refractivity contribution is -0.136. The molecule has 3 heterocycles. The van der Waals surface area contributed by atoms with Gasteiger partial charge in [-0.05, 0) is 47.6 Å². The number of aromatic nitrogens is 1. The van der Waals surface area contributed by atoms with Crippen molar-refractivity contribution in [2.24, 2.45) is 0 Å². The van der Waals surface area contributed by atoms with Gasteiger partial charge in [-0.1, -0.05) is 24.3 Å². The van der Waals surface area contributed by atoms with Crippen LogP contribution in [0.5, 0.6) is 0 Å². The summed E-state index contributed by atoms with van der Waals surface area (Å²) >= 11 is 0. The van der Waals surface area contributed by atoms with Crippen molar-refractivity contribution in [1.82, 2.24) is 15.2 Å². The third kappa shape index (κ3) is 3.66. The molecule has 1 unspecified atom stereocenters. The largest absolute Gasteiger partial charge is 0.322 e. The predicted octanol–water partition coefficient (Wildman–Crippen LogP) is 2.81. The molecule has 0 radical (unpaired) electrons. The van der Waals surface area contributed by atoms with Crippen molar-refractivity contribution in [3.05, 3.63) is 77.1 Å². The Morgan fingerprint density at radius 3 is 2.78 bits per heavy atom. The first kappa shape index (κ1) is 20.1. The number of aryl methyl sites for hydroxylation is 1. The van der Waals surface area contributed by atoms with E-state index in [1.54, 1.807) is 18.5 Å². The first-order valence-corrected chi connectivity index (χ1v) is 10.6. The number of rotatable bonds is 5. The second-order valence-electron chi connectivity index (χ2n) is 8.25. The average molecular weight is 427 g/mol. The van der Waals surface area contributed by atoms with E-state index < -0.39 is 11.9 Å². The lowest BCUT2D eigenvalue weighted by Crippen LogP contribution is -2.52. The molecule has 1 fully saturated rings. The molecule has 2 aromatic carbocycles. The first-order valence-electron chi connectivity index (χ1n) is 10.6. The van der Waals surface area contributed by atoms with Crippen LogP contribution in [0.4, 0.5) is 0 Å². The Hall–Kier alpha value is -3.87. The molecule has 3 amide bonds. The van der Waals surface area contributed by atoms with Crippen molar-refractivity contribution < 1.29 is 19.2 Å². The summed E-state index contributed by atoms with van der Waals surface area (Å²) < 4.78 is 0. The minimum absolute atomic E-state index is 0.0606. The molecule has 1 atom stereocenters. The van der Waals surface area contributed by atoms with E-state index >= 15 is 0 Å². The van der Waals surface area contributed by atoms with Gasteiger partial charge in [-0.3, -0.25) is 29.5 Å². The number of benzene rings is 2. The highest BCUT2D eigenvalue weighted by Gasteiger charge is 2.39. The molecule has 3 aromatic rings. The molecule has 1 saturated heterocycles. The third-order valence-corrected chi connectivity index (χ3v) is 6.19. The highest BCUT2D eigenvalue weighted by atomic mass is 16.2. The van der Waals surface area contributed by atoms with Gasteiger partial charge in [0.1, 0.15) is 6.04 Å². The summed E-state index contributed by atoms with van der Waals surface area (Å²) in [6.07, 6.45) is 4.98. The van der Waals surface area contributed by atoms with E-state index in [-0.39, 0.29) is 24.0 Å². The van der Waals surface area contributed by atoms with E-state index in [4.69, 9.17) is 0 Å². The van der Waals surface area contributed by atoms with Crippen LogP contribution in [-0.4, -0.2) is 39.4 Å². The Morgan fingerprint density at radius 2 is 1.94 bits per heavy atom. The molecule has 32 heavy (non-hydrogen) atoms. The van der Waals surface area contributed by atoms with Gasteiger partial charge in [0.15, 0.2) is 5.78 Å². The molecule has 1 N–H and O–H groups in total. The van der Waals surface area contributed by atoms with Crippen LogP contribution in [0, 0.1) is 0 Å². The minimum Gasteiger partial charge on any atom is -0.322 e. The molecule has 5 rings (SSSR count). The molecule has 0 spiro atoms. The van der Waals surface area contributed by atoms with Crippen molar-refractivity contribution in [3.8, 4) is 0 Å². The first-order chi connectivity index (χ1) is 15.5. The number of imide groups is 1. The fourth-order valence-corrected chi connectivity index (χ4v) is 4.44. The fourth-order valence-electron chi connectivity index (χ4n) is 4.44. The molecule has 1 aromatic heterocycles. The lowest BCUT2D eigenvalue weighted by atomic mass is 9.98. The maximum Gasteiger partial charge on any atom is 0.255 e. The van der Waals surface area contributed by atoms with Gasteiger partial charge >= 0.3 is 0 Å². The highest BCUT2D eigenvalue weighted by molar-refractivity contribution is 6.05. The van der Waals surface area contributed by atoms with Crippen molar-refractivity contribution in [3.63, 3.8) is 0 Å². The molecule has 7 heteroatoms. The lowest BCUT2D eigenvalue weighted by Gasteiger charge is -2.29. The van der Waals surface area contributed by atoms with Gasteiger partial charge in [0.05, 0.1) is 0 Å². The smallest absolute Gasteiger partial charge is 0.255 e. The highest BCUT2D eigenvalue weighted by Crippen LogP contribution is 2.28. The van der Waals surface area contributed by atoms with Crippen LogP contribution < -0.4 is 5.32 Å². The number of nitrogens with zero attached hydrogens (tertiary/aromatic N) is 2. The van der Waals surface area contributed by atoms with Crippen LogP contribution in [0.1, 0.15) is 51.1 Å². The number of carbonyl (C=O) groups is 4. The summed E-state index contributed by atoms with van der Waals surface area (Å²) in [6.45, 7) is 0.334. The monoisotopic (exact) mass is 427 g/mol. The SMILES string of the molecule is O=C1CCC(N2Cc3cc(CCC(=O)c4ccc5cnccc5c4)ccc3C2=O)C(=O)N1. The van der Waals surface area contributed by atoms with Crippen LogP contribution in [0.25, 0.3) is 10.8 Å². The normalized spacial score (nSPS) is 18.1. The summed E-state index contributed by atoms with van der Waals surface area (Å²) in [7, 11) is 0. The number of hydrogen-bond donors (Lipinski definition) is 1. The van der Waals surface area contributed by atoms with Crippen LogP contribution >= 0.6 is 0 Å². The van der Waals surface area contributed by atoms with Crippen molar-refractivity contribution in [2.45, 2.75) is 38.3 Å². The molecule has 160 valence electrons. The number of amides is 3. The molecule has 2 aliphatic heterocycles. The molecule has 0 saturated carbocycles. The molecule has 0 aliphatic carbocycles. The van der Waals surface area contributed by atoms with E-state index in [0.717, 1.165) is 21.9 Å². The van der Waals surface area contributed by atoms with E-state index in [2.05, 4.69) is 10.3 Å². The minimum atomic E-state index is -0.624. The van der Waals surface area contributed by atoms with Crippen LogP contribution in [-0.2, 0) is 22.6 Å². The van der Waals surface area contributed by atoms with Crippen LogP contribution in [0.2, 0.25) is 0 Å². The summed E-state index contributed by atoms with van der Waals surface area (Å²) in [5.74, 6) is -0.849. The standard InChI is InChI=1S/C25H21N3O4/c29-22(17-3-4-18-13-26-10-9-16(18)12-17)7-2-15-1-5-20-19(11-15)14-28(25(20)32)21-6-8-23(30)27-24(21)31/h1,3-5,9-13,21H,2,6-8,14H2,(H,27,30,31).